The highest BCUT2D eigenvalue weighted by Crippen LogP contribution is 2.44. The lowest BCUT2D eigenvalue weighted by atomic mass is 9.66. The van der Waals surface area contributed by atoms with Crippen LogP contribution in [0.15, 0.2) is 23.8 Å². The lowest BCUT2D eigenvalue weighted by Crippen LogP contribution is -2.48. The number of carbonyl (C=O) groups is 2. The fraction of sp³-hybridized carbons (Fsp3) is 0.760. The van der Waals surface area contributed by atoms with E-state index >= 15 is 0 Å². The van der Waals surface area contributed by atoms with Crippen LogP contribution in [0.2, 0.25) is 0 Å². The average Bonchev–Trinajstić information content (AvgIpc) is 2.74. The van der Waals surface area contributed by atoms with Crippen molar-refractivity contribution in [1.29, 1.82) is 0 Å². The van der Waals surface area contributed by atoms with Crippen LogP contribution in [0, 0.1) is 17.8 Å². The normalized spacial score (nSPS) is 35.0. The van der Waals surface area contributed by atoms with Crippen LogP contribution in [0.4, 0.5) is 0 Å². The highest BCUT2D eigenvalue weighted by molar-refractivity contribution is 5.79. The van der Waals surface area contributed by atoms with Crippen LogP contribution in [0.5, 0.6) is 0 Å². The number of fused-ring (bicyclic) bond motifs is 1. The number of carbonyl (C=O) groups excluding carboxylic acids is 2. The van der Waals surface area contributed by atoms with Gasteiger partial charge in [-0.05, 0) is 43.1 Å². The molecular formula is C25H38O7. The largest absolute Gasteiger partial charge is 0.462 e. The Bertz CT molecular complexity index is 730. The molecule has 5 unspecified atom stereocenters. The Labute approximate surface area is 190 Å². The second kappa shape index (κ2) is 10.5. The molecule has 0 saturated carbocycles. The van der Waals surface area contributed by atoms with Crippen molar-refractivity contribution in [1.82, 2.24) is 0 Å². The Morgan fingerprint density at radius 1 is 1.22 bits per heavy atom. The van der Waals surface area contributed by atoms with Gasteiger partial charge in [-0.3, -0.25) is 4.79 Å². The number of rotatable bonds is 8. The minimum atomic E-state index is -0.982. The average molecular weight is 451 g/mol. The topological polar surface area (TPSA) is 102 Å². The minimum absolute atomic E-state index is 0.0465. The van der Waals surface area contributed by atoms with Crippen molar-refractivity contribution in [3.63, 3.8) is 0 Å². The van der Waals surface area contributed by atoms with Crippen LogP contribution >= 0.6 is 0 Å². The lowest BCUT2D eigenvalue weighted by molar-refractivity contribution is -0.181. The van der Waals surface area contributed by atoms with E-state index < -0.39 is 23.9 Å². The predicted molar refractivity (Wildman–Crippen MR) is 119 cm³/mol. The molecule has 0 bridgehead atoms. The van der Waals surface area contributed by atoms with Gasteiger partial charge < -0.3 is 24.4 Å². The number of methoxy groups -OCH3 is 1. The van der Waals surface area contributed by atoms with E-state index in [1.54, 1.807) is 0 Å². The summed E-state index contributed by atoms with van der Waals surface area (Å²) < 4.78 is 17.1. The Kier molecular flexibility index (Phi) is 8.17. The van der Waals surface area contributed by atoms with E-state index in [0.717, 1.165) is 12.0 Å². The van der Waals surface area contributed by atoms with E-state index in [0.29, 0.717) is 32.1 Å². The molecule has 2 N–H and O–H groups in total. The molecule has 1 heterocycles. The van der Waals surface area contributed by atoms with Crippen molar-refractivity contribution < 1.29 is 34.0 Å². The predicted octanol–water partition coefficient (Wildman–Crippen LogP) is 3.08. The molecule has 3 rings (SSSR count). The first-order chi connectivity index (χ1) is 15.2. The second-order valence-electron chi connectivity index (χ2n) is 9.51. The van der Waals surface area contributed by atoms with Gasteiger partial charge in [0.1, 0.15) is 12.2 Å². The van der Waals surface area contributed by atoms with Crippen molar-refractivity contribution in [3.8, 4) is 0 Å². The van der Waals surface area contributed by atoms with Gasteiger partial charge >= 0.3 is 11.9 Å². The van der Waals surface area contributed by atoms with Gasteiger partial charge in [-0.25, -0.2) is 4.79 Å². The molecule has 180 valence electrons. The summed E-state index contributed by atoms with van der Waals surface area (Å²) in [7, 11) is 1.53. The van der Waals surface area contributed by atoms with Gasteiger partial charge in [0.05, 0.1) is 18.6 Å². The standard InChI is InChI=1S/C25H38O7/c1-5-25(6-2,30-4)24(29)32-21-13-17(26)11-16-8-7-15(3)20(23(16)21)10-9-19-12-18(27)14-22(28)31-19/h7-8,11,15,17-21,23,26-27H,5-6,9-10,12-14H2,1-4H3/t15?,17?,18-,19-,20?,21?,23?/m1/s1. The molecule has 1 aliphatic heterocycles. The molecule has 0 aromatic carbocycles. The third-order valence-electron chi connectivity index (χ3n) is 7.59. The van der Waals surface area contributed by atoms with Crippen molar-refractivity contribution in [2.24, 2.45) is 17.8 Å². The van der Waals surface area contributed by atoms with Gasteiger partial charge in [0.2, 0.25) is 0 Å². The quantitative estimate of drug-likeness (QED) is 0.548. The maximum atomic E-state index is 13.1. The van der Waals surface area contributed by atoms with Gasteiger partial charge in [0, 0.05) is 25.9 Å². The molecule has 0 amide bonds. The molecule has 0 aromatic heterocycles. The summed E-state index contributed by atoms with van der Waals surface area (Å²) in [5, 5.41) is 20.4. The molecule has 1 fully saturated rings. The molecular weight excluding hydrogens is 412 g/mol. The van der Waals surface area contributed by atoms with E-state index in [1.165, 1.54) is 7.11 Å². The third-order valence-corrected chi connectivity index (χ3v) is 7.59. The summed E-state index contributed by atoms with van der Waals surface area (Å²) in [4.78, 5) is 24.8. The number of aliphatic hydroxyl groups is 2. The first-order valence-corrected chi connectivity index (χ1v) is 11.9. The molecule has 7 atom stereocenters. The number of esters is 2. The fourth-order valence-corrected chi connectivity index (χ4v) is 5.56. The Hall–Kier alpha value is -1.70. The number of allylic oxidation sites excluding steroid dienone is 2. The molecule has 3 aliphatic rings. The first-order valence-electron chi connectivity index (χ1n) is 11.9. The summed E-state index contributed by atoms with van der Waals surface area (Å²) in [6, 6.07) is 0. The van der Waals surface area contributed by atoms with Crippen LogP contribution in [0.1, 0.15) is 65.7 Å². The zero-order chi connectivity index (χ0) is 23.5. The number of cyclic esters (lactones) is 1. The number of ether oxygens (including phenoxy) is 3. The van der Waals surface area contributed by atoms with Crippen LogP contribution in [-0.4, -0.2) is 59.3 Å². The van der Waals surface area contributed by atoms with E-state index in [2.05, 4.69) is 13.0 Å². The van der Waals surface area contributed by atoms with Gasteiger partial charge in [-0.1, -0.05) is 39.0 Å². The molecule has 7 nitrogen and oxygen atoms in total. The van der Waals surface area contributed by atoms with Crippen molar-refractivity contribution in [3.05, 3.63) is 23.8 Å². The van der Waals surface area contributed by atoms with E-state index in [4.69, 9.17) is 14.2 Å². The SMILES string of the molecule is CCC(CC)(OC)C(=O)OC1CC(O)C=C2C=CC(C)C(CC[C@@H]3C[C@@H](O)CC(=O)O3)C21. The maximum Gasteiger partial charge on any atom is 0.338 e. The monoisotopic (exact) mass is 450 g/mol. The summed E-state index contributed by atoms with van der Waals surface area (Å²) in [6.07, 6.45) is 7.23. The van der Waals surface area contributed by atoms with Crippen molar-refractivity contribution in [2.75, 3.05) is 7.11 Å². The van der Waals surface area contributed by atoms with Crippen LogP contribution < -0.4 is 0 Å². The van der Waals surface area contributed by atoms with E-state index in [1.807, 2.05) is 26.0 Å². The van der Waals surface area contributed by atoms with Gasteiger partial charge in [0.15, 0.2) is 5.60 Å². The molecule has 32 heavy (non-hydrogen) atoms. The summed E-state index contributed by atoms with van der Waals surface area (Å²) in [5.74, 6) is -0.381. The van der Waals surface area contributed by atoms with Gasteiger partial charge in [-0.2, -0.15) is 0 Å². The first kappa shape index (κ1) is 24.9. The Morgan fingerprint density at radius 2 is 1.94 bits per heavy atom. The summed E-state index contributed by atoms with van der Waals surface area (Å²) in [6.45, 7) is 5.95. The van der Waals surface area contributed by atoms with Crippen molar-refractivity contribution >= 4 is 11.9 Å². The number of aliphatic hydroxyl groups excluding tert-OH is 2. The number of hydrogen-bond acceptors (Lipinski definition) is 7. The van der Waals surface area contributed by atoms with Crippen LogP contribution in [-0.2, 0) is 23.8 Å². The van der Waals surface area contributed by atoms with Gasteiger partial charge in [0.25, 0.3) is 0 Å². The Balaban J connectivity index is 1.78. The second-order valence-corrected chi connectivity index (χ2v) is 9.51. The van der Waals surface area contributed by atoms with Crippen LogP contribution in [0.25, 0.3) is 0 Å². The molecule has 0 spiro atoms. The smallest absolute Gasteiger partial charge is 0.338 e. The minimum Gasteiger partial charge on any atom is -0.462 e. The lowest BCUT2D eigenvalue weighted by Gasteiger charge is -2.44. The maximum absolute atomic E-state index is 13.1. The summed E-state index contributed by atoms with van der Waals surface area (Å²) >= 11 is 0. The van der Waals surface area contributed by atoms with E-state index in [-0.39, 0.29) is 42.2 Å². The van der Waals surface area contributed by atoms with Crippen molar-refractivity contribution in [2.45, 2.75) is 95.7 Å². The van der Waals surface area contributed by atoms with Crippen LogP contribution in [0.3, 0.4) is 0 Å². The molecule has 2 aliphatic carbocycles. The summed E-state index contributed by atoms with van der Waals surface area (Å²) in [5.41, 5.74) is 0.00554. The van der Waals surface area contributed by atoms with Gasteiger partial charge in [-0.15, -0.1) is 0 Å². The molecule has 1 saturated heterocycles. The number of hydrogen-bond donors (Lipinski definition) is 2. The molecule has 7 heteroatoms. The third kappa shape index (κ3) is 5.26. The Morgan fingerprint density at radius 3 is 2.56 bits per heavy atom. The highest BCUT2D eigenvalue weighted by Gasteiger charge is 2.45. The zero-order valence-electron chi connectivity index (χ0n) is 19.7. The fourth-order valence-electron chi connectivity index (χ4n) is 5.56. The molecule has 0 aromatic rings. The molecule has 0 radical (unpaired) electrons. The highest BCUT2D eigenvalue weighted by atomic mass is 16.6. The van der Waals surface area contributed by atoms with E-state index in [9.17, 15) is 19.8 Å². The zero-order valence-corrected chi connectivity index (χ0v) is 19.7.